The van der Waals surface area contributed by atoms with E-state index < -0.39 is 23.8 Å². The van der Waals surface area contributed by atoms with Gasteiger partial charge in [0.2, 0.25) is 0 Å². The normalized spacial score (nSPS) is 21.4. The van der Waals surface area contributed by atoms with E-state index in [-0.39, 0.29) is 24.6 Å². The predicted octanol–water partition coefficient (Wildman–Crippen LogP) is 1.94. The second-order valence-electron chi connectivity index (χ2n) is 5.47. The van der Waals surface area contributed by atoms with Gasteiger partial charge >= 0.3 is 0 Å². The minimum atomic E-state index is -0.970. The van der Waals surface area contributed by atoms with E-state index in [0.29, 0.717) is 5.56 Å². The molecule has 1 aliphatic heterocycles. The minimum absolute atomic E-state index is 0.133. The van der Waals surface area contributed by atoms with Gasteiger partial charge in [-0.25, -0.2) is 8.78 Å². The third-order valence-electron chi connectivity index (χ3n) is 3.79. The Kier molecular flexibility index (Phi) is 3.66. The van der Waals surface area contributed by atoms with E-state index in [1.807, 2.05) is 0 Å². The highest BCUT2D eigenvalue weighted by molar-refractivity contribution is 5.93. The summed E-state index contributed by atoms with van der Waals surface area (Å²) in [5, 5.41) is 16.5. The maximum Gasteiger partial charge on any atom is 0.274 e. The highest BCUT2D eigenvalue weighted by Crippen LogP contribution is 2.33. The van der Waals surface area contributed by atoms with Gasteiger partial charge in [0.25, 0.3) is 5.91 Å². The molecular formula is C15H15F2N3O2. The number of carbonyl (C=O) groups is 1. The number of amides is 1. The molecule has 3 rings (SSSR count). The molecule has 1 aliphatic rings. The number of hydrogen-bond acceptors (Lipinski definition) is 3. The Labute approximate surface area is 125 Å². The fourth-order valence-electron chi connectivity index (χ4n) is 2.75. The van der Waals surface area contributed by atoms with Crippen LogP contribution in [-0.4, -0.2) is 38.8 Å². The van der Waals surface area contributed by atoms with Gasteiger partial charge in [-0.15, -0.1) is 0 Å². The highest BCUT2D eigenvalue weighted by atomic mass is 19.2. The van der Waals surface area contributed by atoms with E-state index in [4.69, 9.17) is 0 Å². The van der Waals surface area contributed by atoms with Crippen molar-refractivity contribution in [3.63, 3.8) is 0 Å². The molecule has 1 aromatic carbocycles. The van der Waals surface area contributed by atoms with E-state index in [1.165, 1.54) is 11.0 Å². The van der Waals surface area contributed by atoms with Crippen LogP contribution in [0, 0.1) is 18.6 Å². The van der Waals surface area contributed by atoms with Crippen LogP contribution in [0.3, 0.4) is 0 Å². The summed E-state index contributed by atoms with van der Waals surface area (Å²) in [5.74, 6) is -2.26. The van der Waals surface area contributed by atoms with Crippen molar-refractivity contribution in [3.05, 3.63) is 52.9 Å². The number of aliphatic hydroxyl groups is 1. The molecule has 0 saturated carbocycles. The van der Waals surface area contributed by atoms with E-state index in [1.54, 1.807) is 13.0 Å². The van der Waals surface area contributed by atoms with Crippen LogP contribution < -0.4 is 0 Å². The van der Waals surface area contributed by atoms with Crippen LogP contribution in [0.5, 0.6) is 0 Å². The number of likely N-dealkylation sites (tertiary alicyclic amines) is 1. The third-order valence-corrected chi connectivity index (χ3v) is 3.79. The van der Waals surface area contributed by atoms with Gasteiger partial charge in [0.15, 0.2) is 11.6 Å². The Bertz CT molecular complexity index is 717. The number of H-pyrrole nitrogens is 1. The molecule has 116 valence electrons. The Morgan fingerprint density at radius 2 is 2.14 bits per heavy atom. The van der Waals surface area contributed by atoms with Crippen LogP contribution in [0.4, 0.5) is 8.78 Å². The standard InChI is InChI=1S/C15H15F2N3O2/c1-8-4-13(19-18-8)15(22)20-7-10(21)6-14(20)9-2-3-11(16)12(17)5-9/h2-5,10,14,21H,6-7H2,1H3,(H,18,19)/t10-,14+/m1/s1. The van der Waals surface area contributed by atoms with Gasteiger partial charge in [-0.1, -0.05) is 6.07 Å². The molecule has 2 atom stereocenters. The summed E-state index contributed by atoms with van der Waals surface area (Å²) in [4.78, 5) is 13.9. The number of hydrogen-bond donors (Lipinski definition) is 2. The lowest BCUT2D eigenvalue weighted by molar-refractivity contribution is 0.0709. The zero-order chi connectivity index (χ0) is 15.9. The van der Waals surface area contributed by atoms with Crippen LogP contribution in [-0.2, 0) is 0 Å². The molecule has 1 fully saturated rings. The number of aromatic amines is 1. The first-order valence-corrected chi connectivity index (χ1v) is 6.91. The van der Waals surface area contributed by atoms with Gasteiger partial charge in [0.05, 0.1) is 12.1 Å². The zero-order valence-corrected chi connectivity index (χ0v) is 11.9. The number of aliphatic hydroxyl groups excluding tert-OH is 1. The first kappa shape index (κ1) is 14.6. The number of aryl methyl sites for hydroxylation is 1. The second kappa shape index (κ2) is 5.49. The number of aromatic nitrogens is 2. The van der Waals surface area contributed by atoms with Crippen LogP contribution in [0.1, 0.15) is 34.2 Å². The van der Waals surface area contributed by atoms with Crippen molar-refractivity contribution >= 4 is 5.91 Å². The summed E-state index contributed by atoms with van der Waals surface area (Å²) in [5.41, 5.74) is 1.43. The maximum absolute atomic E-state index is 13.4. The molecule has 0 radical (unpaired) electrons. The zero-order valence-electron chi connectivity index (χ0n) is 11.9. The number of β-amino-alcohol motifs (C(OH)–C–C–N with tert-alkyl or cyclic N) is 1. The Morgan fingerprint density at radius 3 is 2.77 bits per heavy atom. The van der Waals surface area contributed by atoms with Gasteiger partial charge in [0, 0.05) is 12.2 Å². The van der Waals surface area contributed by atoms with Gasteiger partial charge in [-0.2, -0.15) is 5.10 Å². The number of nitrogens with one attached hydrogen (secondary N) is 1. The molecule has 0 bridgehead atoms. The van der Waals surface area contributed by atoms with Gasteiger partial charge in [-0.05, 0) is 37.1 Å². The first-order valence-electron chi connectivity index (χ1n) is 6.91. The Balaban J connectivity index is 1.91. The van der Waals surface area contributed by atoms with Crippen molar-refractivity contribution in [2.24, 2.45) is 0 Å². The molecule has 0 aliphatic carbocycles. The summed E-state index contributed by atoms with van der Waals surface area (Å²) in [6.45, 7) is 1.91. The van der Waals surface area contributed by atoms with Crippen molar-refractivity contribution in [1.29, 1.82) is 0 Å². The molecular weight excluding hydrogens is 292 g/mol. The van der Waals surface area contributed by atoms with E-state index in [0.717, 1.165) is 17.8 Å². The topological polar surface area (TPSA) is 69.2 Å². The highest BCUT2D eigenvalue weighted by Gasteiger charge is 2.36. The summed E-state index contributed by atoms with van der Waals surface area (Å²) in [7, 11) is 0. The molecule has 1 amide bonds. The summed E-state index contributed by atoms with van der Waals surface area (Å²) >= 11 is 0. The van der Waals surface area contributed by atoms with Crippen molar-refractivity contribution in [2.45, 2.75) is 25.5 Å². The number of rotatable bonds is 2. The Morgan fingerprint density at radius 1 is 1.36 bits per heavy atom. The molecule has 22 heavy (non-hydrogen) atoms. The van der Waals surface area contributed by atoms with Crippen molar-refractivity contribution < 1.29 is 18.7 Å². The summed E-state index contributed by atoms with van der Waals surface area (Å²) in [6.07, 6.45) is -0.428. The van der Waals surface area contributed by atoms with E-state index >= 15 is 0 Å². The SMILES string of the molecule is Cc1cc(C(=O)N2C[C@H](O)C[C@H]2c2ccc(F)c(F)c2)n[nH]1. The minimum Gasteiger partial charge on any atom is -0.391 e. The van der Waals surface area contributed by atoms with Gasteiger partial charge in [0.1, 0.15) is 5.69 Å². The molecule has 1 saturated heterocycles. The smallest absolute Gasteiger partial charge is 0.274 e. The van der Waals surface area contributed by atoms with Crippen molar-refractivity contribution in [3.8, 4) is 0 Å². The fraction of sp³-hybridized carbons (Fsp3) is 0.333. The van der Waals surface area contributed by atoms with E-state index in [9.17, 15) is 18.7 Å². The average Bonchev–Trinajstić information content (AvgIpc) is 3.07. The van der Waals surface area contributed by atoms with Crippen LogP contribution in [0.2, 0.25) is 0 Å². The molecule has 2 heterocycles. The monoisotopic (exact) mass is 307 g/mol. The lowest BCUT2D eigenvalue weighted by atomic mass is 10.0. The molecule has 5 nitrogen and oxygen atoms in total. The van der Waals surface area contributed by atoms with Crippen LogP contribution >= 0.6 is 0 Å². The van der Waals surface area contributed by atoms with Gasteiger partial charge < -0.3 is 10.0 Å². The largest absolute Gasteiger partial charge is 0.391 e. The maximum atomic E-state index is 13.4. The molecule has 1 aromatic heterocycles. The lowest BCUT2D eigenvalue weighted by Crippen LogP contribution is -2.32. The second-order valence-corrected chi connectivity index (χ2v) is 5.47. The molecule has 0 unspecified atom stereocenters. The fourth-order valence-corrected chi connectivity index (χ4v) is 2.75. The molecule has 2 aromatic rings. The Hall–Kier alpha value is -2.28. The first-order chi connectivity index (χ1) is 10.5. The number of carbonyl (C=O) groups excluding carboxylic acids is 1. The molecule has 7 heteroatoms. The average molecular weight is 307 g/mol. The number of benzene rings is 1. The quantitative estimate of drug-likeness (QED) is 0.891. The summed E-state index contributed by atoms with van der Waals surface area (Å²) < 4.78 is 26.5. The molecule has 2 N–H and O–H groups in total. The van der Waals surface area contributed by atoms with Crippen molar-refractivity contribution in [1.82, 2.24) is 15.1 Å². The number of halogens is 2. The van der Waals surface area contributed by atoms with E-state index in [2.05, 4.69) is 10.2 Å². The van der Waals surface area contributed by atoms with Crippen LogP contribution in [0.25, 0.3) is 0 Å². The number of nitrogens with zero attached hydrogens (tertiary/aromatic N) is 2. The molecule has 0 spiro atoms. The lowest BCUT2D eigenvalue weighted by Gasteiger charge is -2.24. The van der Waals surface area contributed by atoms with Crippen LogP contribution in [0.15, 0.2) is 24.3 Å². The predicted molar refractivity (Wildman–Crippen MR) is 74.1 cm³/mol. The third kappa shape index (κ3) is 2.59. The van der Waals surface area contributed by atoms with Crippen molar-refractivity contribution in [2.75, 3.05) is 6.54 Å². The summed E-state index contributed by atoms with van der Waals surface area (Å²) in [6, 6.07) is 4.62. The van der Waals surface area contributed by atoms with Gasteiger partial charge in [-0.3, -0.25) is 9.89 Å².